The van der Waals surface area contributed by atoms with E-state index in [4.69, 9.17) is 27.9 Å². The molecule has 1 saturated heterocycles. The molecule has 1 fully saturated rings. The molecule has 0 spiro atoms. The Hall–Kier alpha value is -0.710. The largest absolute Gasteiger partial charge is 0.377 e. The summed E-state index contributed by atoms with van der Waals surface area (Å²) in [7, 11) is 1.75. The second kappa shape index (κ2) is 6.37. The van der Waals surface area contributed by atoms with Gasteiger partial charge in [0.2, 0.25) is 0 Å². The van der Waals surface area contributed by atoms with E-state index >= 15 is 0 Å². The minimum absolute atomic E-state index is 0.152. The van der Waals surface area contributed by atoms with Gasteiger partial charge in [0.1, 0.15) is 11.6 Å². The molecular formula is C14H21Cl2N3O. The van der Waals surface area contributed by atoms with Crippen molar-refractivity contribution < 1.29 is 4.74 Å². The molecule has 1 aliphatic heterocycles. The summed E-state index contributed by atoms with van der Waals surface area (Å²) in [6.45, 7) is 6.61. The van der Waals surface area contributed by atoms with Crippen molar-refractivity contribution in [1.82, 2.24) is 4.98 Å². The van der Waals surface area contributed by atoms with Crippen molar-refractivity contribution in [2.24, 2.45) is 0 Å². The zero-order chi connectivity index (χ0) is 14.8. The van der Waals surface area contributed by atoms with Gasteiger partial charge in [0.25, 0.3) is 0 Å². The van der Waals surface area contributed by atoms with Crippen LogP contribution in [-0.4, -0.2) is 37.3 Å². The molecule has 1 aromatic heterocycles. The number of ether oxygens (including phenoxy) is 1. The second-order valence-electron chi connectivity index (χ2n) is 5.33. The lowest BCUT2D eigenvalue weighted by molar-refractivity contribution is -0.00480. The smallest absolute Gasteiger partial charge is 0.150 e. The Morgan fingerprint density at radius 2 is 2.20 bits per heavy atom. The molecule has 0 aliphatic carbocycles. The van der Waals surface area contributed by atoms with Gasteiger partial charge < -0.3 is 15.0 Å². The van der Waals surface area contributed by atoms with Gasteiger partial charge in [-0.2, -0.15) is 0 Å². The summed E-state index contributed by atoms with van der Waals surface area (Å²) in [6, 6.07) is 1.75. The van der Waals surface area contributed by atoms with Crippen molar-refractivity contribution in [3.05, 3.63) is 16.1 Å². The van der Waals surface area contributed by atoms with Crippen LogP contribution < -0.4 is 10.2 Å². The quantitative estimate of drug-likeness (QED) is 0.915. The predicted molar refractivity (Wildman–Crippen MR) is 85.3 cm³/mol. The van der Waals surface area contributed by atoms with Crippen molar-refractivity contribution in [3.8, 4) is 0 Å². The maximum atomic E-state index is 6.31. The minimum atomic E-state index is -0.152. The van der Waals surface area contributed by atoms with E-state index in [0.717, 1.165) is 38.3 Å². The molecule has 1 aromatic rings. The van der Waals surface area contributed by atoms with Crippen molar-refractivity contribution >= 4 is 34.8 Å². The lowest BCUT2D eigenvalue weighted by Gasteiger charge is -2.40. The van der Waals surface area contributed by atoms with Crippen LogP contribution in [0.5, 0.6) is 0 Å². The lowest BCUT2D eigenvalue weighted by atomic mass is 9.95. The fourth-order valence-corrected chi connectivity index (χ4v) is 3.07. The Balaban J connectivity index is 2.29. The first kappa shape index (κ1) is 15.7. The highest BCUT2D eigenvalue weighted by atomic mass is 35.5. The molecule has 1 unspecified atom stereocenters. The number of halogens is 2. The molecular weight excluding hydrogens is 297 g/mol. The molecule has 0 saturated carbocycles. The third kappa shape index (κ3) is 3.30. The normalized spacial score (nSPS) is 22.9. The van der Waals surface area contributed by atoms with Gasteiger partial charge in [-0.15, -0.1) is 0 Å². The predicted octanol–water partition coefficient (Wildman–Crippen LogP) is 3.83. The Kier molecular flexibility index (Phi) is 4.99. The van der Waals surface area contributed by atoms with Crippen LogP contribution in [0.25, 0.3) is 0 Å². The summed E-state index contributed by atoms with van der Waals surface area (Å²) in [5, 5.41) is 4.29. The molecule has 1 atom stereocenters. The summed E-state index contributed by atoms with van der Waals surface area (Å²) in [5.41, 5.74) is -0.152. The van der Waals surface area contributed by atoms with Crippen molar-refractivity contribution in [1.29, 1.82) is 0 Å². The standard InChI is InChI=1S/C14H21Cl2N3O/c1-4-17-12-10(15)8-11(16)13(18-12)19-7-5-6-14(2,9-19)20-3/h8H,4-7,9H2,1-3H3,(H,17,18). The van der Waals surface area contributed by atoms with E-state index < -0.39 is 0 Å². The van der Waals surface area contributed by atoms with E-state index in [1.165, 1.54) is 0 Å². The van der Waals surface area contributed by atoms with Gasteiger partial charge in [-0.25, -0.2) is 4.98 Å². The number of nitrogens with zero attached hydrogens (tertiary/aromatic N) is 2. The molecule has 0 amide bonds. The number of hydrogen-bond acceptors (Lipinski definition) is 4. The van der Waals surface area contributed by atoms with Gasteiger partial charge in [0.15, 0.2) is 0 Å². The monoisotopic (exact) mass is 317 g/mol. The van der Waals surface area contributed by atoms with E-state index in [0.29, 0.717) is 15.9 Å². The fourth-order valence-electron chi connectivity index (χ4n) is 2.52. The number of piperidine rings is 1. The van der Waals surface area contributed by atoms with Crippen molar-refractivity contribution in [2.45, 2.75) is 32.3 Å². The molecule has 4 nitrogen and oxygen atoms in total. The first-order valence-electron chi connectivity index (χ1n) is 6.89. The number of anilines is 2. The zero-order valence-corrected chi connectivity index (χ0v) is 13.7. The lowest BCUT2D eigenvalue weighted by Crippen LogP contribution is -2.47. The van der Waals surface area contributed by atoms with E-state index in [9.17, 15) is 0 Å². The van der Waals surface area contributed by atoms with Crippen LogP contribution in [0.1, 0.15) is 26.7 Å². The summed E-state index contributed by atoms with van der Waals surface area (Å²) in [6.07, 6.45) is 2.10. The Labute approximate surface area is 130 Å². The fraction of sp³-hybridized carbons (Fsp3) is 0.643. The minimum Gasteiger partial charge on any atom is -0.377 e. The van der Waals surface area contributed by atoms with Crippen LogP contribution in [0, 0.1) is 0 Å². The molecule has 0 bridgehead atoms. The van der Waals surface area contributed by atoms with Crippen LogP contribution in [0.3, 0.4) is 0 Å². The number of rotatable bonds is 4. The molecule has 0 aromatic carbocycles. The topological polar surface area (TPSA) is 37.4 Å². The number of nitrogens with one attached hydrogen (secondary N) is 1. The van der Waals surface area contributed by atoms with E-state index in [1.807, 2.05) is 6.92 Å². The van der Waals surface area contributed by atoms with E-state index in [2.05, 4.69) is 22.1 Å². The highest BCUT2D eigenvalue weighted by Crippen LogP contribution is 2.35. The maximum absolute atomic E-state index is 6.31. The molecule has 0 radical (unpaired) electrons. The van der Waals surface area contributed by atoms with Gasteiger partial charge in [0.05, 0.1) is 15.6 Å². The van der Waals surface area contributed by atoms with Gasteiger partial charge in [-0.3, -0.25) is 0 Å². The van der Waals surface area contributed by atoms with Crippen molar-refractivity contribution in [2.75, 3.05) is 37.0 Å². The Bertz CT molecular complexity index is 484. The average molecular weight is 318 g/mol. The highest BCUT2D eigenvalue weighted by Gasteiger charge is 2.32. The second-order valence-corrected chi connectivity index (χ2v) is 6.15. The number of aromatic nitrogens is 1. The first-order chi connectivity index (χ1) is 9.49. The molecule has 2 heterocycles. The van der Waals surface area contributed by atoms with Crippen LogP contribution in [-0.2, 0) is 4.74 Å². The van der Waals surface area contributed by atoms with Crippen LogP contribution in [0.15, 0.2) is 6.07 Å². The molecule has 20 heavy (non-hydrogen) atoms. The van der Waals surface area contributed by atoms with Crippen LogP contribution >= 0.6 is 23.2 Å². The number of pyridine rings is 1. The third-order valence-electron chi connectivity index (χ3n) is 3.71. The first-order valence-corrected chi connectivity index (χ1v) is 7.64. The van der Waals surface area contributed by atoms with Gasteiger partial charge >= 0.3 is 0 Å². The van der Waals surface area contributed by atoms with Gasteiger partial charge in [-0.1, -0.05) is 23.2 Å². The summed E-state index contributed by atoms with van der Waals surface area (Å²) in [5.74, 6) is 1.45. The highest BCUT2D eigenvalue weighted by molar-refractivity contribution is 6.37. The van der Waals surface area contributed by atoms with Gasteiger partial charge in [-0.05, 0) is 32.8 Å². The zero-order valence-electron chi connectivity index (χ0n) is 12.2. The molecule has 1 N–H and O–H groups in total. The van der Waals surface area contributed by atoms with E-state index in [1.54, 1.807) is 13.2 Å². The SMILES string of the molecule is CCNc1nc(N2CCCC(C)(OC)C2)c(Cl)cc1Cl. The maximum Gasteiger partial charge on any atom is 0.150 e. The summed E-state index contributed by atoms with van der Waals surface area (Å²) in [4.78, 5) is 6.75. The van der Waals surface area contributed by atoms with Crippen LogP contribution in [0.4, 0.5) is 11.6 Å². The van der Waals surface area contributed by atoms with Crippen molar-refractivity contribution in [3.63, 3.8) is 0 Å². The summed E-state index contributed by atoms with van der Waals surface area (Å²) < 4.78 is 5.62. The average Bonchev–Trinajstić information content (AvgIpc) is 2.42. The molecule has 1 aliphatic rings. The van der Waals surface area contributed by atoms with Gasteiger partial charge in [0, 0.05) is 26.7 Å². The van der Waals surface area contributed by atoms with E-state index in [-0.39, 0.29) is 5.60 Å². The summed E-state index contributed by atoms with van der Waals surface area (Å²) >= 11 is 12.5. The molecule has 6 heteroatoms. The Morgan fingerprint density at radius 1 is 1.45 bits per heavy atom. The third-order valence-corrected chi connectivity index (χ3v) is 4.27. The Morgan fingerprint density at radius 3 is 2.85 bits per heavy atom. The van der Waals surface area contributed by atoms with Crippen LogP contribution in [0.2, 0.25) is 10.0 Å². The number of methoxy groups -OCH3 is 1. The number of hydrogen-bond donors (Lipinski definition) is 1. The molecule has 112 valence electrons. The molecule has 2 rings (SSSR count).